The Morgan fingerprint density at radius 2 is 1.78 bits per heavy atom. The van der Waals surface area contributed by atoms with Crippen molar-refractivity contribution in [1.82, 2.24) is 9.80 Å². The van der Waals surface area contributed by atoms with Crippen LogP contribution in [0.5, 0.6) is 0 Å². The highest BCUT2D eigenvalue weighted by molar-refractivity contribution is 8.00. The second kappa shape index (κ2) is 8.17. The molecule has 1 unspecified atom stereocenters. The van der Waals surface area contributed by atoms with Crippen molar-refractivity contribution in [3.05, 3.63) is 65.3 Å². The monoisotopic (exact) mass is 399 g/mol. The minimum absolute atomic E-state index is 0.283. The van der Waals surface area contributed by atoms with Crippen molar-refractivity contribution in [2.24, 2.45) is 0 Å². The van der Waals surface area contributed by atoms with Crippen molar-refractivity contribution >= 4 is 34.7 Å². The van der Waals surface area contributed by atoms with E-state index >= 15 is 0 Å². The summed E-state index contributed by atoms with van der Waals surface area (Å²) in [5.74, 6) is 0. The molecule has 0 saturated heterocycles. The van der Waals surface area contributed by atoms with Crippen LogP contribution in [0, 0.1) is 0 Å². The molecule has 142 valence electrons. The second-order valence-electron chi connectivity index (χ2n) is 6.89. The van der Waals surface area contributed by atoms with Crippen molar-refractivity contribution in [3.63, 3.8) is 0 Å². The van der Waals surface area contributed by atoms with Gasteiger partial charge in [-0.3, -0.25) is 0 Å². The number of halogens is 1. The summed E-state index contributed by atoms with van der Waals surface area (Å²) in [6, 6.07) is 16.8. The summed E-state index contributed by atoms with van der Waals surface area (Å²) in [6.45, 7) is 8.84. The number of hydrogen-bond donors (Lipinski definition) is 0. The molecule has 2 aromatic rings. The molecule has 4 rings (SSSR count). The molecule has 0 bridgehead atoms. The van der Waals surface area contributed by atoms with Crippen molar-refractivity contribution in [2.75, 3.05) is 31.1 Å². The van der Waals surface area contributed by atoms with E-state index in [0.29, 0.717) is 0 Å². The smallest absolute Gasteiger partial charge is 0.159 e. The van der Waals surface area contributed by atoms with Crippen molar-refractivity contribution < 1.29 is 0 Å². The van der Waals surface area contributed by atoms with Gasteiger partial charge < -0.3 is 14.7 Å². The Hall–Kier alpha value is -1.62. The standard InChI is InChI=1S/C22H26ClN3S/c1-3-24(4-2)14-9-15-25-20(17-10-5-6-11-18(17)23)16-26-19-12-7-8-13-21(19)27-22(25)26/h5-8,10-13,16,22H,3-4,9,14-15H2,1-2H3. The second-order valence-corrected chi connectivity index (χ2v) is 8.39. The van der Waals surface area contributed by atoms with Gasteiger partial charge in [-0.2, -0.15) is 0 Å². The van der Waals surface area contributed by atoms with Crippen LogP contribution in [0.15, 0.2) is 59.6 Å². The maximum Gasteiger partial charge on any atom is 0.159 e. The third-order valence-electron chi connectivity index (χ3n) is 5.37. The predicted octanol–water partition coefficient (Wildman–Crippen LogP) is 5.58. The minimum atomic E-state index is 0.283. The molecule has 2 heterocycles. The van der Waals surface area contributed by atoms with E-state index in [4.69, 9.17) is 11.6 Å². The molecule has 0 amide bonds. The number of benzene rings is 2. The van der Waals surface area contributed by atoms with Gasteiger partial charge in [0.2, 0.25) is 0 Å². The van der Waals surface area contributed by atoms with Crippen molar-refractivity contribution in [2.45, 2.75) is 30.7 Å². The molecule has 0 saturated carbocycles. The molecule has 2 aliphatic heterocycles. The number of fused-ring (bicyclic) bond motifs is 3. The van der Waals surface area contributed by atoms with E-state index in [9.17, 15) is 0 Å². The Morgan fingerprint density at radius 3 is 2.56 bits per heavy atom. The molecule has 1 atom stereocenters. The van der Waals surface area contributed by atoms with Crippen molar-refractivity contribution in [3.8, 4) is 0 Å². The van der Waals surface area contributed by atoms with Gasteiger partial charge in [0, 0.05) is 28.2 Å². The molecule has 0 aliphatic carbocycles. The third-order valence-corrected chi connectivity index (χ3v) is 6.99. The van der Waals surface area contributed by atoms with Crippen LogP contribution in [0.1, 0.15) is 25.8 Å². The zero-order valence-electron chi connectivity index (χ0n) is 15.9. The van der Waals surface area contributed by atoms with E-state index in [2.05, 4.69) is 71.1 Å². The van der Waals surface area contributed by atoms with E-state index in [1.807, 2.05) is 23.9 Å². The zero-order valence-corrected chi connectivity index (χ0v) is 17.5. The SMILES string of the molecule is CCN(CC)CCCN1C(c2ccccc2Cl)=CN2c3ccccc3SC12. The first-order chi connectivity index (χ1) is 13.2. The molecule has 0 radical (unpaired) electrons. The number of anilines is 1. The van der Waals surface area contributed by atoms with Crippen LogP contribution in [0.2, 0.25) is 5.02 Å². The van der Waals surface area contributed by atoms with Gasteiger partial charge >= 0.3 is 0 Å². The first kappa shape index (κ1) is 18.7. The van der Waals surface area contributed by atoms with Gasteiger partial charge in [-0.15, -0.1) is 0 Å². The van der Waals surface area contributed by atoms with Crippen LogP contribution in [-0.2, 0) is 0 Å². The average molecular weight is 400 g/mol. The molecule has 3 nitrogen and oxygen atoms in total. The fourth-order valence-corrected chi connectivity index (χ4v) is 5.41. The summed E-state index contributed by atoms with van der Waals surface area (Å²) >= 11 is 8.49. The third kappa shape index (κ3) is 3.58. The average Bonchev–Trinajstić information content (AvgIpc) is 3.22. The van der Waals surface area contributed by atoms with Crippen LogP contribution in [0.4, 0.5) is 5.69 Å². The highest BCUT2D eigenvalue weighted by Crippen LogP contribution is 2.50. The van der Waals surface area contributed by atoms with Gasteiger partial charge in [-0.25, -0.2) is 0 Å². The predicted molar refractivity (Wildman–Crippen MR) is 117 cm³/mol. The van der Waals surface area contributed by atoms with E-state index in [-0.39, 0.29) is 5.50 Å². The molecule has 0 fully saturated rings. The summed E-state index contributed by atoms with van der Waals surface area (Å²) in [5, 5.41) is 0.817. The Morgan fingerprint density at radius 1 is 1.04 bits per heavy atom. The van der Waals surface area contributed by atoms with E-state index < -0.39 is 0 Å². The van der Waals surface area contributed by atoms with Gasteiger partial charge in [-0.1, -0.05) is 67.5 Å². The van der Waals surface area contributed by atoms with Gasteiger partial charge in [0.05, 0.1) is 11.4 Å². The first-order valence-corrected chi connectivity index (χ1v) is 11.0. The lowest BCUT2D eigenvalue weighted by Crippen LogP contribution is -2.36. The molecule has 2 aliphatic rings. The Balaban J connectivity index is 1.61. The van der Waals surface area contributed by atoms with Gasteiger partial charge in [0.1, 0.15) is 0 Å². The lowest BCUT2D eigenvalue weighted by molar-refractivity contribution is 0.278. The number of thioether (sulfide) groups is 1. The van der Waals surface area contributed by atoms with Gasteiger partial charge in [0.25, 0.3) is 0 Å². The zero-order chi connectivity index (χ0) is 18.8. The first-order valence-electron chi connectivity index (χ1n) is 9.72. The lowest BCUT2D eigenvalue weighted by atomic mass is 10.1. The van der Waals surface area contributed by atoms with Crippen LogP contribution < -0.4 is 4.90 Å². The van der Waals surface area contributed by atoms with Gasteiger partial charge in [-0.05, 0) is 44.3 Å². The normalized spacial score (nSPS) is 18.1. The number of hydrogen-bond acceptors (Lipinski definition) is 4. The fourth-order valence-electron chi connectivity index (χ4n) is 3.86. The van der Waals surface area contributed by atoms with E-state index in [0.717, 1.165) is 43.2 Å². The lowest BCUT2D eigenvalue weighted by Gasteiger charge is -2.30. The largest absolute Gasteiger partial charge is 0.340 e. The molecular formula is C22H26ClN3S. The number of rotatable bonds is 7. The van der Waals surface area contributed by atoms with Crippen LogP contribution in [-0.4, -0.2) is 41.5 Å². The summed E-state index contributed by atoms with van der Waals surface area (Å²) in [5.41, 5.74) is 3.93. The fraction of sp³-hybridized carbons (Fsp3) is 0.364. The van der Waals surface area contributed by atoms with Crippen LogP contribution in [0.3, 0.4) is 0 Å². The molecule has 0 spiro atoms. The molecule has 0 aromatic heterocycles. The maximum absolute atomic E-state index is 6.55. The number of para-hydroxylation sites is 1. The van der Waals surface area contributed by atoms with E-state index in [1.54, 1.807) is 0 Å². The topological polar surface area (TPSA) is 9.72 Å². The van der Waals surface area contributed by atoms with E-state index in [1.165, 1.54) is 16.3 Å². The molecular weight excluding hydrogens is 374 g/mol. The Labute approximate surface area is 171 Å². The molecule has 27 heavy (non-hydrogen) atoms. The molecule has 0 N–H and O–H groups in total. The van der Waals surface area contributed by atoms with Crippen LogP contribution >= 0.6 is 23.4 Å². The van der Waals surface area contributed by atoms with Gasteiger partial charge in [0.15, 0.2) is 5.50 Å². The minimum Gasteiger partial charge on any atom is -0.340 e. The summed E-state index contributed by atoms with van der Waals surface area (Å²) < 4.78 is 0. The van der Waals surface area contributed by atoms with Crippen molar-refractivity contribution in [1.29, 1.82) is 0 Å². The van der Waals surface area contributed by atoms with Crippen LogP contribution in [0.25, 0.3) is 5.70 Å². The highest BCUT2D eigenvalue weighted by Gasteiger charge is 2.40. The number of nitrogens with zero attached hydrogens (tertiary/aromatic N) is 3. The maximum atomic E-state index is 6.55. The molecule has 5 heteroatoms. The summed E-state index contributed by atoms with van der Waals surface area (Å²) in [4.78, 5) is 8.76. The molecule has 2 aromatic carbocycles. The quantitative estimate of drug-likeness (QED) is 0.600. The Bertz CT molecular complexity index is 834. The summed E-state index contributed by atoms with van der Waals surface area (Å²) in [7, 11) is 0. The Kier molecular flexibility index (Phi) is 5.67. The summed E-state index contributed by atoms with van der Waals surface area (Å²) in [6.07, 6.45) is 3.42. The highest BCUT2D eigenvalue weighted by atomic mass is 35.5.